The van der Waals surface area contributed by atoms with Gasteiger partial charge >= 0.3 is 0 Å². The first-order valence-corrected chi connectivity index (χ1v) is 10.7. The molecule has 1 N–H and O–H groups in total. The summed E-state index contributed by atoms with van der Waals surface area (Å²) >= 11 is 0. The van der Waals surface area contributed by atoms with Crippen molar-refractivity contribution in [3.8, 4) is 28.5 Å². The van der Waals surface area contributed by atoms with E-state index in [1.165, 1.54) is 7.11 Å². The minimum Gasteiger partial charge on any atom is -0.508 e. The monoisotopic (exact) mass is 477 g/mol. The third-order valence-corrected chi connectivity index (χ3v) is 5.85. The molecule has 33 heavy (non-hydrogen) atoms. The van der Waals surface area contributed by atoms with Crippen molar-refractivity contribution >= 4 is 19.3 Å². The molecule has 1 aromatic heterocycles. The number of benzene rings is 1. The van der Waals surface area contributed by atoms with E-state index in [0.29, 0.717) is 36.8 Å². The highest BCUT2D eigenvalue weighted by Gasteiger charge is 2.36. The molecule has 0 bridgehead atoms. The van der Waals surface area contributed by atoms with Gasteiger partial charge < -0.3 is 28.6 Å². The zero-order valence-electron chi connectivity index (χ0n) is 20.3. The average molecular weight is 478 g/mol. The lowest BCUT2D eigenvalue weighted by Gasteiger charge is -2.39. The maximum atomic E-state index is 13.1. The summed E-state index contributed by atoms with van der Waals surface area (Å²) in [4.78, 5) is 13.1. The zero-order chi connectivity index (χ0) is 23.6. The van der Waals surface area contributed by atoms with Crippen LogP contribution in [0.15, 0.2) is 29.7 Å². The van der Waals surface area contributed by atoms with Gasteiger partial charge in [-0.05, 0) is 29.5 Å². The highest BCUT2D eigenvalue weighted by molar-refractivity contribution is 7.59. The van der Waals surface area contributed by atoms with Gasteiger partial charge in [-0.15, -0.1) is 0 Å². The fraction of sp³-hybridized carbons (Fsp3) is 0.480. The van der Waals surface area contributed by atoms with Gasteiger partial charge in [-0.25, -0.2) is 0 Å². The Morgan fingerprint density at radius 2 is 1.85 bits per heavy atom. The molecular weight excluding hydrogens is 442 g/mol. The van der Waals surface area contributed by atoms with Gasteiger partial charge in [-0.2, -0.15) is 13.5 Å². The topological polar surface area (TPSA) is 79.2 Å². The minimum atomic E-state index is -0.398. The van der Waals surface area contributed by atoms with Gasteiger partial charge in [0.2, 0.25) is 5.43 Å². The average Bonchev–Trinajstić information content (AvgIpc) is 2.74. The van der Waals surface area contributed by atoms with Crippen molar-refractivity contribution in [3.63, 3.8) is 0 Å². The highest BCUT2D eigenvalue weighted by atomic mass is 32.1. The lowest BCUT2D eigenvalue weighted by Crippen LogP contribution is -2.33. The minimum absolute atomic E-state index is 0. The number of aliphatic hydroxyl groups is 1. The first kappa shape index (κ1) is 26.7. The molecule has 0 saturated carbocycles. The van der Waals surface area contributed by atoms with Gasteiger partial charge in [0, 0.05) is 37.9 Å². The van der Waals surface area contributed by atoms with Crippen LogP contribution in [0.25, 0.3) is 17.0 Å². The Morgan fingerprint density at radius 3 is 2.39 bits per heavy atom. The zero-order valence-corrected chi connectivity index (χ0v) is 21.3. The van der Waals surface area contributed by atoms with E-state index in [1.54, 1.807) is 20.4 Å². The number of pyridine rings is 1. The van der Waals surface area contributed by atoms with Crippen molar-refractivity contribution in [2.75, 3.05) is 34.5 Å². The third-order valence-electron chi connectivity index (χ3n) is 5.85. The summed E-state index contributed by atoms with van der Waals surface area (Å²) in [6.45, 7) is 11.1. The summed E-state index contributed by atoms with van der Waals surface area (Å²) in [5.74, 6) is 1.13. The van der Waals surface area contributed by atoms with Gasteiger partial charge in [0.05, 0.1) is 32.1 Å². The number of hydrogen-bond acceptors (Lipinski definition) is 6. The number of ether oxygens (including phenoxy) is 4. The van der Waals surface area contributed by atoms with Crippen LogP contribution in [0.3, 0.4) is 0 Å². The molecule has 7 nitrogen and oxygen atoms in total. The van der Waals surface area contributed by atoms with E-state index >= 15 is 0 Å². The number of fused-ring (bicyclic) bond motifs is 3. The van der Waals surface area contributed by atoms with Crippen LogP contribution in [0, 0.1) is 5.41 Å². The number of hydrogen-bond donors (Lipinski definition) is 1. The summed E-state index contributed by atoms with van der Waals surface area (Å²) in [5.41, 5.74) is 2.14. The highest BCUT2D eigenvalue weighted by Crippen LogP contribution is 2.48. The van der Waals surface area contributed by atoms with Crippen LogP contribution >= 0.6 is 13.5 Å². The second-order valence-electron chi connectivity index (χ2n) is 9.05. The predicted octanol–water partition coefficient (Wildman–Crippen LogP) is 4.73. The number of aliphatic hydroxyl groups excluding tert-OH is 1. The van der Waals surface area contributed by atoms with Crippen molar-refractivity contribution in [3.05, 3.63) is 46.3 Å². The first-order chi connectivity index (χ1) is 15.1. The lowest BCUT2D eigenvalue weighted by atomic mass is 9.78. The number of rotatable bonds is 8. The van der Waals surface area contributed by atoms with Crippen LogP contribution in [0.4, 0.5) is 0 Å². The molecule has 2 aromatic rings. The Labute approximate surface area is 202 Å². The quantitative estimate of drug-likeness (QED) is 0.437. The Balaban J connectivity index is 0.00000385. The van der Waals surface area contributed by atoms with Crippen molar-refractivity contribution in [1.82, 2.24) is 4.57 Å². The van der Waals surface area contributed by atoms with Crippen LogP contribution in [0.2, 0.25) is 0 Å². The van der Waals surface area contributed by atoms with E-state index in [9.17, 15) is 9.90 Å². The lowest BCUT2D eigenvalue weighted by molar-refractivity contribution is 0.170. The van der Waals surface area contributed by atoms with Crippen LogP contribution < -0.4 is 19.6 Å². The van der Waals surface area contributed by atoms with E-state index in [1.807, 2.05) is 16.7 Å². The summed E-state index contributed by atoms with van der Waals surface area (Å²) in [7, 11) is 4.72. The molecule has 8 heteroatoms. The normalized spacial score (nSPS) is 14.5. The van der Waals surface area contributed by atoms with E-state index in [2.05, 4.69) is 27.4 Å². The SMILES string of the molecule is C=C(O)c1cn2c(c(OC)c1=O)-c1cc(OC)c(OCCCOC)cc1C[C@H]2C(C)(C)C.S. The van der Waals surface area contributed by atoms with E-state index in [4.69, 9.17) is 18.9 Å². The van der Waals surface area contributed by atoms with Gasteiger partial charge in [-0.3, -0.25) is 4.79 Å². The number of nitrogens with zero attached hydrogens (tertiary/aromatic N) is 1. The molecular formula is C25H35NO6S. The number of methoxy groups -OCH3 is 3. The molecule has 2 heterocycles. The molecule has 0 amide bonds. The van der Waals surface area contributed by atoms with Crippen LogP contribution in [0.5, 0.6) is 17.2 Å². The van der Waals surface area contributed by atoms with Gasteiger partial charge in [0.25, 0.3) is 0 Å². The Kier molecular flexibility index (Phi) is 8.54. The fourth-order valence-electron chi connectivity index (χ4n) is 4.19. The summed E-state index contributed by atoms with van der Waals surface area (Å²) in [6, 6.07) is 3.89. The maximum Gasteiger partial charge on any atom is 0.234 e. The molecule has 0 unspecified atom stereocenters. The maximum absolute atomic E-state index is 13.1. The van der Waals surface area contributed by atoms with E-state index in [-0.39, 0.29) is 42.0 Å². The van der Waals surface area contributed by atoms with Crippen molar-refractivity contribution < 1.29 is 24.1 Å². The Bertz CT molecular complexity index is 1070. The van der Waals surface area contributed by atoms with E-state index < -0.39 is 5.43 Å². The summed E-state index contributed by atoms with van der Waals surface area (Å²) < 4.78 is 24.3. The molecule has 0 aliphatic carbocycles. The van der Waals surface area contributed by atoms with Gasteiger partial charge in [0.15, 0.2) is 17.2 Å². The van der Waals surface area contributed by atoms with Crippen LogP contribution in [0.1, 0.15) is 44.4 Å². The molecule has 0 fully saturated rings. The van der Waals surface area contributed by atoms with Gasteiger partial charge in [0.1, 0.15) is 5.76 Å². The molecule has 1 aliphatic rings. The predicted molar refractivity (Wildman–Crippen MR) is 135 cm³/mol. The van der Waals surface area contributed by atoms with Crippen molar-refractivity contribution in [1.29, 1.82) is 0 Å². The Morgan fingerprint density at radius 1 is 1.15 bits per heavy atom. The van der Waals surface area contributed by atoms with Crippen molar-refractivity contribution in [2.24, 2.45) is 5.41 Å². The number of aromatic nitrogens is 1. The molecule has 3 rings (SSSR count). The first-order valence-electron chi connectivity index (χ1n) is 10.7. The molecule has 1 atom stereocenters. The van der Waals surface area contributed by atoms with E-state index in [0.717, 1.165) is 17.5 Å². The Hall–Kier alpha value is -2.58. The van der Waals surface area contributed by atoms with Crippen LogP contribution in [-0.4, -0.2) is 44.2 Å². The summed E-state index contributed by atoms with van der Waals surface area (Å²) in [5, 5.41) is 10.0. The molecule has 1 aromatic carbocycles. The molecule has 0 spiro atoms. The second-order valence-corrected chi connectivity index (χ2v) is 9.05. The smallest absolute Gasteiger partial charge is 0.234 e. The molecule has 182 valence electrons. The largest absolute Gasteiger partial charge is 0.508 e. The van der Waals surface area contributed by atoms with Gasteiger partial charge in [-0.1, -0.05) is 27.4 Å². The third kappa shape index (κ3) is 5.17. The van der Waals surface area contributed by atoms with Crippen molar-refractivity contribution in [2.45, 2.75) is 39.7 Å². The molecule has 1 aliphatic heterocycles. The molecule has 0 radical (unpaired) electrons. The second kappa shape index (κ2) is 10.6. The molecule has 0 saturated heterocycles. The van der Waals surface area contributed by atoms with Crippen LogP contribution in [-0.2, 0) is 11.2 Å². The standard InChI is InChI=1S/C25H33NO6.H2S/c1-15(27)18-14-26-21(25(2,3)4)12-16-11-20(32-10-8-9-29-5)19(30-6)13-17(16)22(26)24(31-7)23(18)28;/h11,13-14,21,27H,1,8-10,12H2,2-7H3;1H2/t21-;/m0./s1. The fourth-order valence-corrected chi connectivity index (χ4v) is 4.19. The summed E-state index contributed by atoms with van der Waals surface area (Å²) in [6.07, 6.45) is 3.16.